The van der Waals surface area contributed by atoms with Crippen molar-refractivity contribution in [3.63, 3.8) is 0 Å². The van der Waals surface area contributed by atoms with E-state index in [0.29, 0.717) is 21.4 Å². The van der Waals surface area contributed by atoms with Gasteiger partial charge in [-0.2, -0.15) is 0 Å². The van der Waals surface area contributed by atoms with Gasteiger partial charge in [0.2, 0.25) is 5.91 Å². The summed E-state index contributed by atoms with van der Waals surface area (Å²) in [6.45, 7) is 0. The lowest BCUT2D eigenvalue weighted by molar-refractivity contribution is -0.115. The zero-order valence-corrected chi connectivity index (χ0v) is 13.8. The molecule has 0 atom stereocenters. The van der Waals surface area contributed by atoms with Crippen LogP contribution in [-0.4, -0.2) is 18.2 Å². The highest BCUT2D eigenvalue weighted by Gasteiger charge is 2.06. The van der Waals surface area contributed by atoms with Crippen molar-refractivity contribution in [2.24, 2.45) is 5.16 Å². The highest BCUT2D eigenvalue weighted by molar-refractivity contribution is 6.36. The first-order valence-corrected chi connectivity index (χ1v) is 7.60. The molecule has 2 aromatic rings. The van der Waals surface area contributed by atoms with Gasteiger partial charge in [0, 0.05) is 10.7 Å². The van der Waals surface area contributed by atoms with E-state index in [1.54, 1.807) is 36.4 Å². The second-order valence-corrected chi connectivity index (χ2v) is 5.38. The number of rotatable bonds is 5. The molecule has 0 heterocycles. The molecule has 2 amide bonds. The van der Waals surface area contributed by atoms with Gasteiger partial charge in [0.15, 0.2) is 0 Å². The van der Waals surface area contributed by atoms with Crippen molar-refractivity contribution in [1.29, 1.82) is 0 Å². The number of carbonyl (C=O) groups excluding carboxylic acids is 2. The average Bonchev–Trinajstić information content (AvgIpc) is 2.55. The Hall–Kier alpha value is -2.57. The lowest BCUT2D eigenvalue weighted by atomic mass is 10.3. The summed E-state index contributed by atoms with van der Waals surface area (Å²) >= 11 is 11.7. The molecule has 0 radical (unpaired) electrons. The molecule has 6 nitrogen and oxygen atoms in total. The quantitative estimate of drug-likeness (QED) is 0.463. The summed E-state index contributed by atoms with van der Waals surface area (Å²) in [5, 5.41) is 9.29. The highest BCUT2D eigenvalue weighted by atomic mass is 35.5. The van der Waals surface area contributed by atoms with Crippen LogP contribution >= 0.6 is 23.2 Å². The van der Waals surface area contributed by atoms with E-state index in [9.17, 15) is 9.59 Å². The van der Waals surface area contributed by atoms with Gasteiger partial charge in [-0.3, -0.25) is 14.9 Å². The third-order valence-electron chi connectivity index (χ3n) is 2.71. The van der Waals surface area contributed by atoms with Gasteiger partial charge in [-0.1, -0.05) is 46.6 Å². The lowest BCUT2D eigenvalue weighted by Crippen LogP contribution is -2.13. The van der Waals surface area contributed by atoms with E-state index in [-0.39, 0.29) is 12.3 Å². The number of oxime groups is 1. The molecule has 2 N–H and O–H groups in total. The van der Waals surface area contributed by atoms with Crippen LogP contribution in [0.25, 0.3) is 0 Å². The number of benzene rings is 2. The van der Waals surface area contributed by atoms with Crippen LogP contribution in [0.3, 0.4) is 0 Å². The number of halogens is 2. The van der Waals surface area contributed by atoms with E-state index in [1.165, 1.54) is 12.3 Å². The van der Waals surface area contributed by atoms with E-state index in [1.807, 2.05) is 6.07 Å². The van der Waals surface area contributed by atoms with Gasteiger partial charge in [-0.15, -0.1) is 0 Å². The molecule has 0 saturated carbocycles. The molecule has 0 saturated heterocycles. The first-order chi connectivity index (χ1) is 11.5. The van der Waals surface area contributed by atoms with Crippen molar-refractivity contribution in [3.8, 4) is 0 Å². The van der Waals surface area contributed by atoms with E-state index in [2.05, 4.69) is 20.6 Å². The van der Waals surface area contributed by atoms with Gasteiger partial charge in [-0.25, -0.2) is 4.79 Å². The molecule has 24 heavy (non-hydrogen) atoms. The minimum absolute atomic E-state index is 0.0857. The van der Waals surface area contributed by atoms with Gasteiger partial charge >= 0.3 is 6.09 Å². The largest absolute Gasteiger partial charge is 0.437 e. The van der Waals surface area contributed by atoms with Gasteiger partial charge < -0.3 is 5.32 Å². The molecule has 0 aliphatic rings. The monoisotopic (exact) mass is 365 g/mol. The van der Waals surface area contributed by atoms with E-state index in [0.717, 1.165) is 0 Å². The maximum absolute atomic E-state index is 11.7. The number of amides is 2. The highest BCUT2D eigenvalue weighted by Crippen LogP contribution is 2.25. The fraction of sp³-hybridized carbons (Fsp3) is 0.0625. The summed E-state index contributed by atoms with van der Waals surface area (Å²) in [5.41, 5.74) is 1.01. The van der Waals surface area contributed by atoms with Crippen molar-refractivity contribution in [1.82, 2.24) is 0 Å². The SMILES string of the molecule is O=C(C/C=N\OC(=O)Nc1ccccc1)Nc1ccc(Cl)cc1Cl. The normalized spacial score (nSPS) is 10.4. The molecule has 2 rings (SSSR count). The van der Waals surface area contributed by atoms with Crippen LogP contribution in [0, 0.1) is 0 Å². The molecule has 2 aromatic carbocycles. The minimum Gasteiger partial charge on any atom is -0.324 e. The number of carbonyl (C=O) groups is 2. The Labute approximate surface area is 148 Å². The molecule has 124 valence electrons. The first kappa shape index (κ1) is 17.8. The van der Waals surface area contributed by atoms with Gasteiger partial charge in [0.05, 0.1) is 23.3 Å². The minimum atomic E-state index is -0.751. The molecule has 0 aliphatic carbocycles. The Morgan fingerprint density at radius 3 is 2.54 bits per heavy atom. The smallest absolute Gasteiger partial charge is 0.324 e. The third kappa shape index (κ3) is 5.91. The Bertz CT molecular complexity index is 751. The lowest BCUT2D eigenvalue weighted by Gasteiger charge is -2.05. The summed E-state index contributed by atoms with van der Waals surface area (Å²) < 4.78 is 0. The van der Waals surface area contributed by atoms with Crippen LogP contribution < -0.4 is 10.6 Å². The van der Waals surface area contributed by atoms with Gasteiger partial charge in [0.1, 0.15) is 0 Å². The third-order valence-corrected chi connectivity index (χ3v) is 3.26. The maximum atomic E-state index is 11.7. The zero-order valence-electron chi connectivity index (χ0n) is 12.3. The first-order valence-electron chi connectivity index (χ1n) is 6.84. The Morgan fingerprint density at radius 2 is 1.83 bits per heavy atom. The molecule has 0 unspecified atom stereocenters. The summed E-state index contributed by atoms with van der Waals surface area (Å²) in [4.78, 5) is 27.8. The van der Waals surface area contributed by atoms with Gasteiger partial charge in [-0.05, 0) is 30.3 Å². The number of anilines is 2. The Kier molecular flexibility index (Phi) is 6.60. The molecule has 0 spiro atoms. The molecule has 8 heteroatoms. The number of hydrogen-bond acceptors (Lipinski definition) is 4. The topological polar surface area (TPSA) is 79.8 Å². The van der Waals surface area contributed by atoms with Crippen LogP contribution in [0.1, 0.15) is 6.42 Å². The summed E-state index contributed by atoms with van der Waals surface area (Å²) in [6, 6.07) is 13.5. The molecular weight excluding hydrogens is 353 g/mol. The van der Waals surface area contributed by atoms with Crippen LogP contribution in [0.15, 0.2) is 53.7 Å². The predicted molar refractivity (Wildman–Crippen MR) is 94.7 cm³/mol. The van der Waals surface area contributed by atoms with E-state index in [4.69, 9.17) is 23.2 Å². The number of para-hydroxylation sites is 1. The van der Waals surface area contributed by atoms with Crippen molar-refractivity contribution < 1.29 is 14.4 Å². The second kappa shape index (κ2) is 8.90. The van der Waals surface area contributed by atoms with Crippen LogP contribution in [0.2, 0.25) is 10.0 Å². The Balaban J connectivity index is 1.75. The molecule has 0 bridgehead atoms. The number of hydrogen-bond donors (Lipinski definition) is 2. The zero-order chi connectivity index (χ0) is 17.4. The van der Waals surface area contributed by atoms with Crippen molar-refractivity contribution in [2.75, 3.05) is 10.6 Å². The maximum Gasteiger partial charge on any atom is 0.437 e. The fourth-order valence-corrected chi connectivity index (χ4v) is 2.12. The molecule has 0 fully saturated rings. The van der Waals surface area contributed by atoms with Crippen LogP contribution in [-0.2, 0) is 9.63 Å². The average molecular weight is 366 g/mol. The van der Waals surface area contributed by atoms with Crippen LogP contribution in [0.4, 0.5) is 16.2 Å². The van der Waals surface area contributed by atoms with E-state index >= 15 is 0 Å². The van der Waals surface area contributed by atoms with Crippen molar-refractivity contribution in [3.05, 3.63) is 58.6 Å². The van der Waals surface area contributed by atoms with Crippen molar-refractivity contribution >= 4 is 52.8 Å². The summed E-state index contributed by atoms with van der Waals surface area (Å²) in [7, 11) is 0. The molecule has 0 aromatic heterocycles. The second-order valence-electron chi connectivity index (χ2n) is 4.53. The van der Waals surface area contributed by atoms with Crippen LogP contribution in [0.5, 0.6) is 0 Å². The Morgan fingerprint density at radius 1 is 1.08 bits per heavy atom. The fourth-order valence-electron chi connectivity index (χ4n) is 1.66. The summed E-state index contributed by atoms with van der Waals surface area (Å²) in [6.07, 6.45) is 0.333. The van der Waals surface area contributed by atoms with E-state index < -0.39 is 6.09 Å². The number of nitrogens with zero attached hydrogens (tertiary/aromatic N) is 1. The molecular formula is C16H13Cl2N3O3. The summed E-state index contributed by atoms with van der Waals surface area (Å²) in [5.74, 6) is -0.366. The van der Waals surface area contributed by atoms with Gasteiger partial charge in [0.25, 0.3) is 0 Å². The number of nitrogens with one attached hydrogen (secondary N) is 2. The molecule has 0 aliphatic heterocycles. The van der Waals surface area contributed by atoms with Crippen molar-refractivity contribution in [2.45, 2.75) is 6.42 Å². The standard InChI is InChI=1S/C16H13Cl2N3O3/c17-11-6-7-14(13(18)10-11)21-15(22)8-9-19-24-16(23)20-12-4-2-1-3-5-12/h1-7,9-10H,8H2,(H,20,23)(H,21,22)/b19-9-. The predicted octanol–water partition coefficient (Wildman–Crippen LogP) is 4.56.